The highest BCUT2D eigenvalue weighted by atomic mass is 35.5. The van der Waals surface area contributed by atoms with E-state index >= 15 is 0 Å². The van der Waals surface area contributed by atoms with Crippen molar-refractivity contribution in [3.63, 3.8) is 0 Å². The maximum absolute atomic E-state index is 6.38. The molecule has 4 heterocycles. The van der Waals surface area contributed by atoms with Crippen LogP contribution >= 0.6 is 11.6 Å². The van der Waals surface area contributed by atoms with Crippen LogP contribution in [0.1, 0.15) is 50.6 Å². The normalized spacial score (nSPS) is 30.6. The highest BCUT2D eigenvalue weighted by Crippen LogP contribution is 2.44. The summed E-state index contributed by atoms with van der Waals surface area (Å²) in [5.41, 5.74) is 3.77. The molecule has 2 fully saturated rings. The lowest BCUT2D eigenvalue weighted by Crippen LogP contribution is -2.28. The molecule has 0 amide bonds. The third-order valence-corrected chi connectivity index (χ3v) is 6.85. The van der Waals surface area contributed by atoms with Crippen molar-refractivity contribution in [2.45, 2.75) is 70.0 Å². The summed E-state index contributed by atoms with van der Waals surface area (Å²) in [7, 11) is 2.02. The average Bonchev–Trinajstić information content (AvgIpc) is 3.49. The zero-order valence-electron chi connectivity index (χ0n) is 18.4. The Balaban J connectivity index is 1.40. The highest BCUT2D eigenvalue weighted by molar-refractivity contribution is 6.28. The van der Waals surface area contributed by atoms with E-state index in [0.29, 0.717) is 17.0 Å². The lowest BCUT2D eigenvalue weighted by atomic mass is 10.1. The number of anilines is 1. The number of ether oxygens (including phenoxy) is 3. The molecule has 0 radical (unpaired) electrons. The maximum atomic E-state index is 6.38. The molecule has 2 aliphatic heterocycles. The minimum atomic E-state index is -0.685. The van der Waals surface area contributed by atoms with E-state index in [4.69, 9.17) is 25.8 Å². The van der Waals surface area contributed by atoms with Crippen molar-refractivity contribution in [3.05, 3.63) is 40.7 Å². The second-order valence-corrected chi connectivity index (χ2v) is 9.52. The van der Waals surface area contributed by atoms with Crippen LogP contribution in [0.2, 0.25) is 5.28 Å². The van der Waals surface area contributed by atoms with E-state index in [1.54, 1.807) is 4.68 Å². The molecule has 2 aromatic heterocycles. The lowest BCUT2D eigenvalue weighted by Gasteiger charge is -2.26. The zero-order chi connectivity index (χ0) is 22.2. The van der Waals surface area contributed by atoms with Gasteiger partial charge in [-0.2, -0.15) is 14.6 Å². The number of aryl methyl sites for hydroxylation is 1. The predicted octanol–water partition coefficient (Wildman–Crippen LogP) is 3.44. The Bertz CT molecular complexity index is 1200. The molecule has 32 heavy (non-hydrogen) atoms. The van der Waals surface area contributed by atoms with Crippen LogP contribution in [0.5, 0.6) is 0 Å². The Morgan fingerprint density at radius 2 is 1.94 bits per heavy atom. The number of hydrogen-bond acceptors (Lipinski definition) is 8. The topological polar surface area (TPSA) is 87.4 Å². The Labute approximate surface area is 190 Å². The van der Waals surface area contributed by atoms with Crippen LogP contribution in [0.25, 0.3) is 11.2 Å². The molecule has 10 heteroatoms. The molecule has 5 atom stereocenters. The van der Waals surface area contributed by atoms with Crippen LogP contribution in [-0.4, -0.2) is 56.1 Å². The Kier molecular flexibility index (Phi) is 4.49. The Hall–Kier alpha value is -2.33. The van der Waals surface area contributed by atoms with Gasteiger partial charge in [0.15, 0.2) is 29.0 Å². The van der Waals surface area contributed by atoms with Crippen molar-refractivity contribution in [2.24, 2.45) is 0 Å². The summed E-state index contributed by atoms with van der Waals surface area (Å²) in [6, 6.07) is 8.70. The molecule has 0 bridgehead atoms. The summed E-state index contributed by atoms with van der Waals surface area (Å²) in [4.78, 5) is 11.1. The summed E-state index contributed by atoms with van der Waals surface area (Å²) in [6.45, 7) is 5.78. The maximum Gasteiger partial charge on any atom is 0.226 e. The second-order valence-electron chi connectivity index (χ2n) is 9.18. The molecule has 168 valence electrons. The number of halogens is 1. The monoisotopic (exact) mass is 456 g/mol. The van der Waals surface area contributed by atoms with Crippen LogP contribution in [0.3, 0.4) is 0 Å². The first kappa shape index (κ1) is 20.3. The molecule has 6 rings (SSSR count). The van der Waals surface area contributed by atoms with Crippen LogP contribution < -0.4 is 4.90 Å². The van der Waals surface area contributed by atoms with Gasteiger partial charge in [0.2, 0.25) is 5.28 Å². The molecule has 1 aromatic carbocycles. The number of nitrogens with zero attached hydrogens (tertiary/aromatic N) is 6. The van der Waals surface area contributed by atoms with Gasteiger partial charge in [-0.05, 0) is 56.3 Å². The fourth-order valence-corrected chi connectivity index (χ4v) is 5.42. The summed E-state index contributed by atoms with van der Waals surface area (Å²) < 4.78 is 20.0. The molecule has 3 aliphatic rings. The zero-order valence-corrected chi connectivity index (χ0v) is 19.2. The molecule has 2 saturated heterocycles. The molecule has 0 saturated carbocycles. The third-order valence-electron chi connectivity index (χ3n) is 6.68. The molecule has 0 spiro atoms. The minimum absolute atomic E-state index is 0.140. The van der Waals surface area contributed by atoms with Crippen molar-refractivity contribution in [3.8, 4) is 0 Å². The average molecular weight is 457 g/mol. The number of rotatable bonds is 3. The fraction of sp³-hybridized carbons (Fsp3) is 0.545. The van der Waals surface area contributed by atoms with Gasteiger partial charge in [0, 0.05) is 7.05 Å². The third kappa shape index (κ3) is 3.02. The van der Waals surface area contributed by atoms with Gasteiger partial charge in [-0.1, -0.05) is 29.5 Å². The molecule has 0 unspecified atom stereocenters. The minimum Gasteiger partial charge on any atom is -0.351 e. The predicted molar refractivity (Wildman–Crippen MR) is 117 cm³/mol. The van der Waals surface area contributed by atoms with Gasteiger partial charge in [-0.25, -0.2) is 0 Å². The summed E-state index contributed by atoms with van der Waals surface area (Å²) in [5, 5.41) is 8.97. The van der Waals surface area contributed by atoms with Crippen molar-refractivity contribution in [1.82, 2.24) is 25.0 Å². The van der Waals surface area contributed by atoms with E-state index in [9.17, 15) is 0 Å². The lowest BCUT2D eigenvalue weighted by molar-refractivity contribution is -0.195. The molecular weight excluding hydrogens is 432 g/mol. The van der Waals surface area contributed by atoms with Gasteiger partial charge in [-0.3, -0.25) is 0 Å². The van der Waals surface area contributed by atoms with Crippen molar-refractivity contribution in [1.29, 1.82) is 0 Å². The standard InChI is InChI=1S/C22H25ClN6O3/c1-11-16-17(32-22(2,3)31-16)20(30-11)29-19-15(26-27-29)18(24-21(23)25-19)28(4)14-10-9-12-7-5-6-8-13(12)14/h5-8,11,14,16-17,20H,9-10H2,1-4H3/t11-,14+,16-,17-,20-/m1/s1. The van der Waals surface area contributed by atoms with Gasteiger partial charge in [0.05, 0.1) is 12.1 Å². The van der Waals surface area contributed by atoms with E-state index in [1.807, 2.05) is 27.8 Å². The molecule has 0 N–H and O–H groups in total. The number of aromatic nitrogens is 5. The Morgan fingerprint density at radius 1 is 1.16 bits per heavy atom. The first-order valence-corrected chi connectivity index (χ1v) is 11.3. The largest absolute Gasteiger partial charge is 0.351 e. The Morgan fingerprint density at radius 3 is 2.78 bits per heavy atom. The van der Waals surface area contributed by atoms with Gasteiger partial charge in [-0.15, -0.1) is 5.10 Å². The van der Waals surface area contributed by atoms with E-state index in [2.05, 4.69) is 49.4 Å². The van der Waals surface area contributed by atoms with Crippen molar-refractivity contribution in [2.75, 3.05) is 11.9 Å². The van der Waals surface area contributed by atoms with Crippen molar-refractivity contribution >= 4 is 28.6 Å². The molecular formula is C22H25ClN6O3. The van der Waals surface area contributed by atoms with Crippen LogP contribution in [0, 0.1) is 0 Å². The number of hydrogen-bond donors (Lipinski definition) is 0. The van der Waals surface area contributed by atoms with Crippen LogP contribution in [0.15, 0.2) is 24.3 Å². The SMILES string of the molecule is C[C@H]1O[C@@H](n2nnc3c(N(C)[C@H]4CCc5ccccc54)nc(Cl)nc32)[C@@H]2OC(C)(C)O[C@@H]21. The first-order valence-electron chi connectivity index (χ1n) is 10.9. The number of fused-ring (bicyclic) bond motifs is 3. The van der Waals surface area contributed by atoms with Gasteiger partial charge >= 0.3 is 0 Å². The second kappa shape index (κ2) is 7.08. The first-order chi connectivity index (χ1) is 15.3. The summed E-state index contributed by atoms with van der Waals surface area (Å²) in [6.07, 6.45) is 0.855. The fourth-order valence-electron chi connectivity index (χ4n) is 5.26. The molecule has 9 nitrogen and oxygen atoms in total. The van der Waals surface area contributed by atoms with Gasteiger partial charge < -0.3 is 19.1 Å². The van der Waals surface area contributed by atoms with Gasteiger partial charge in [0.25, 0.3) is 0 Å². The van der Waals surface area contributed by atoms with E-state index in [-0.39, 0.29) is 29.6 Å². The van der Waals surface area contributed by atoms with Crippen LogP contribution in [0.4, 0.5) is 5.82 Å². The van der Waals surface area contributed by atoms with E-state index in [0.717, 1.165) is 12.8 Å². The van der Waals surface area contributed by atoms with Crippen LogP contribution in [-0.2, 0) is 20.6 Å². The van der Waals surface area contributed by atoms with Gasteiger partial charge in [0.1, 0.15) is 12.2 Å². The molecule has 1 aliphatic carbocycles. The summed E-state index contributed by atoms with van der Waals surface area (Å²) in [5.74, 6) is -0.0324. The summed E-state index contributed by atoms with van der Waals surface area (Å²) >= 11 is 6.38. The van der Waals surface area contributed by atoms with E-state index in [1.165, 1.54) is 11.1 Å². The smallest absolute Gasteiger partial charge is 0.226 e. The quantitative estimate of drug-likeness (QED) is 0.554. The highest BCUT2D eigenvalue weighted by Gasteiger charge is 2.55. The number of benzene rings is 1. The van der Waals surface area contributed by atoms with Crippen molar-refractivity contribution < 1.29 is 14.2 Å². The van der Waals surface area contributed by atoms with E-state index < -0.39 is 12.0 Å². The molecule has 3 aromatic rings.